The summed E-state index contributed by atoms with van der Waals surface area (Å²) in [6, 6.07) is 8.24. The van der Waals surface area contributed by atoms with E-state index in [0.717, 1.165) is 18.5 Å². The molecule has 24 heavy (non-hydrogen) atoms. The van der Waals surface area contributed by atoms with Crippen molar-refractivity contribution in [1.82, 2.24) is 0 Å². The molecule has 1 amide bonds. The zero-order chi connectivity index (χ0) is 17.4. The molecule has 1 saturated heterocycles. The fourth-order valence-electron chi connectivity index (χ4n) is 3.82. The number of sulfone groups is 1. The van der Waals surface area contributed by atoms with Crippen LogP contribution in [0.1, 0.15) is 44.6 Å². The molecule has 1 spiro atoms. The Kier molecular flexibility index (Phi) is 4.73. The van der Waals surface area contributed by atoms with Gasteiger partial charge in [-0.1, -0.05) is 25.5 Å². The van der Waals surface area contributed by atoms with E-state index in [-0.39, 0.29) is 28.7 Å². The lowest BCUT2D eigenvalue weighted by Gasteiger charge is -2.24. The Morgan fingerprint density at radius 1 is 1.21 bits per heavy atom. The predicted molar refractivity (Wildman–Crippen MR) is 96.9 cm³/mol. The molecule has 1 saturated carbocycles. The van der Waals surface area contributed by atoms with E-state index < -0.39 is 9.84 Å². The van der Waals surface area contributed by atoms with E-state index in [4.69, 9.17) is 0 Å². The van der Waals surface area contributed by atoms with Gasteiger partial charge in [0.15, 0.2) is 0 Å². The van der Waals surface area contributed by atoms with Gasteiger partial charge in [0, 0.05) is 18.7 Å². The molecule has 1 atom stereocenters. The van der Waals surface area contributed by atoms with Crippen molar-refractivity contribution in [3.05, 3.63) is 29.8 Å². The Bertz CT molecular complexity index is 695. The predicted octanol–water partition coefficient (Wildman–Crippen LogP) is 3.21. The molecular formula is C19H27NO3S. The third-order valence-electron chi connectivity index (χ3n) is 5.78. The van der Waals surface area contributed by atoms with Crippen LogP contribution in [0.5, 0.6) is 0 Å². The number of unbranched alkanes of at least 4 members (excludes halogenated alkanes) is 1. The van der Waals surface area contributed by atoms with Crippen LogP contribution in [-0.4, -0.2) is 32.9 Å². The molecule has 1 aliphatic heterocycles. The van der Waals surface area contributed by atoms with Crippen LogP contribution < -0.4 is 4.90 Å². The number of carbonyl (C=O) groups is 1. The molecule has 0 N–H and O–H groups in total. The van der Waals surface area contributed by atoms with Crippen molar-refractivity contribution in [2.75, 3.05) is 23.5 Å². The number of nitrogens with zero attached hydrogens (tertiary/aromatic N) is 1. The maximum atomic E-state index is 12.8. The molecule has 0 aromatic heterocycles. The SMILES string of the molecule is CCCCc1ccc(N(C)C(=O)C2CC23CCS(=O)(=O)CC3)cc1. The molecule has 0 bridgehead atoms. The average Bonchev–Trinajstić information content (AvgIpc) is 3.29. The molecule has 3 rings (SSSR count). The van der Waals surface area contributed by atoms with Crippen LogP contribution in [0, 0.1) is 11.3 Å². The highest BCUT2D eigenvalue weighted by atomic mass is 32.2. The lowest BCUT2D eigenvalue weighted by atomic mass is 9.96. The number of hydrogen-bond acceptors (Lipinski definition) is 3. The standard InChI is InChI=1S/C19H27NO3S/c1-3-4-5-15-6-8-16(9-7-15)20(2)18(21)17-14-19(17)10-12-24(22,23)13-11-19/h6-9,17H,3-5,10-14H2,1-2H3. The van der Waals surface area contributed by atoms with Gasteiger partial charge in [-0.2, -0.15) is 0 Å². The minimum atomic E-state index is -2.87. The van der Waals surface area contributed by atoms with Gasteiger partial charge in [-0.15, -0.1) is 0 Å². The molecule has 5 heteroatoms. The summed E-state index contributed by atoms with van der Waals surface area (Å²) in [7, 11) is -1.04. The molecule has 1 aromatic rings. The van der Waals surface area contributed by atoms with E-state index in [0.29, 0.717) is 12.8 Å². The zero-order valence-corrected chi connectivity index (χ0v) is 15.4. The molecule has 132 valence electrons. The Labute approximate surface area is 145 Å². The quantitative estimate of drug-likeness (QED) is 0.820. The minimum absolute atomic E-state index is 0.00207. The minimum Gasteiger partial charge on any atom is -0.315 e. The second-order valence-corrected chi connectivity index (χ2v) is 9.74. The molecule has 0 radical (unpaired) electrons. The summed E-state index contributed by atoms with van der Waals surface area (Å²) in [5.74, 6) is 0.618. The Morgan fingerprint density at radius 2 is 1.83 bits per heavy atom. The van der Waals surface area contributed by atoms with E-state index in [1.165, 1.54) is 18.4 Å². The summed E-state index contributed by atoms with van der Waals surface area (Å²) in [5, 5.41) is 0. The largest absolute Gasteiger partial charge is 0.315 e. The van der Waals surface area contributed by atoms with Crippen molar-refractivity contribution < 1.29 is 13.2 Å². The first-order valence-electron chi connectivity index (χ1n) is 8.94. The van der Waals surface area contributed by atoms with Gasteiger partial charge in [0.25, 0.3) is 0 Å². The number of rotatable bonds is 5. The zero-order valence-electron chi connectivity index (χ0n) is 14.6. The first-order chi connectivity index (χ1) is 11.4. The fraction of sp³-hybridized carbons (Fsp3) is 0.632. The molecule has 1 aromatic carbocycles. The summed E-state index contributed by atoms with van der Waals surface area (Å²) in [4.78, 5) is 14.5. The third-order valence-corrected chi connectivity index (χ3v) is 7.44. The van der Waals surface area contributed by atoms with Crippen LogP contribution >= 0.6 is 0 Å². The monoisotopic (exact) mass is 349 g/mol. The highest BCUT2D eigenvalue weighted by Gasteiger charge is 2.60. The third kappa shape index (κ3) is 3.51. The number of benzene rings is 1. The van der Waals surface area contributed by atoms with Gasteiger partial charge >= 0.3 is 0 Å². The average molecular weight is 349 g/mol. The maximum absolute atomic E-state index is 12.8. The highest BCUT2D eigenvalue weighted by molar-refractivity contribution is 7.91. The van der Waals surface area contributed by atoms with E-state index in [2.05, 4.69) is 19.1 Å². The van der Waals surface area contributed by atoms with Gasteiger partial charge in [0.1, 0.15) is 9.84 Å². The van der Waals surface area contributed by atoms with Crippen LogP contribution in [0.15, 0.2) is 24.3 Å². The maximum Gasteiger partial charge on any atom is 0.230 e. The first-order valence-corrected chi connectivity index (χ1v) is 10.8. The lowest BCUT2D eigenvalue weighted by molar-refractivity contribution is -0.120. The van der Waals surface area contributed by atoms with Gasteiger partial charge in [-0.05, 0) is 55.2 Å². The number of anilines is 1. The topological polar surface area (TPSA) is 54.5 Å². The van der Waals surface area contributed by atoms with Crippen LogP contribution in [0.25, 0.3) is 0 Å². The van der Waals surface area contributed by atoms with Gasteiger partial charge in [-0.3, -0.25) is 4.79 Å². The van der Waals surface area contributed by atoms with Gasteiger partial charge in [0.05, 0.1) is 11.5 Å². The van der Waals surface area contributed by atoms with E-state index in [1.54, 1.807) is 4.90 Å². The first kappa shape index (κ1) is 17.5. The fourth-order valence-corrected chi connectivity index (χ4v) is 5.46. The number of carbonyl (C=O) groups excluding carboxylic acids is 1. The second kappa shape index (κ2) is 6.51. The van der Waals surface area contributed by atoms with Crippen molar-refractivity contribution in [1.29, 1.82) is 0 Å². The smallest absolute Gasteiger partial charge is 0.230 e. The van der Waals surface area contributed by atoms with E-state index in [9.17, 15) is 13.2 Å². The van der Waals surface area contributed by atoms with Crippen LogP contribution in [0.3, 0.4) is 0 Å². The summed E-state index contributed by atoms with van der Waals surface area (Å²) in [6.45, 7) is 2.18. The van der Waals surface area contributed by atoms with Crippen molar-refractivity contribution >= 4 is 21.4 Å². The molecule has 1 aliphatic carbocycles. The van der Waals surface area contributed by atoms with Crippen molar-refractivity contribution in [3.63, 3.8) is 0 Å². The summed E-state index contributed by atoms with van der Waals surface area (Å²) in [5.41, 5.74) is 2.19. The van der Waals surface area contributed by atoms with Crippen molar-refractivity contribution in [3.8, 4) is 0 Å². The van der Waals surface area contributed by atoms with Gasteiger partial charge in [-0.25, -0.2) is 8.42 Å². The number of hydrogen-bond donors (Lipinski definition) is 0. The van der Waals surface area contributed by atoms with Gasteiger partial charge < -0.3 is 4.90 Å². The molecule has 2 aliphatic rings. The Balaban J connectivity index is 1.62. The van der Waals surface area contributed by atoms with Crippen molar-refractivity contribution in [2.24, 2.45) is 11.3 Å². The second-order valence-electron chi connectivity index (χ2n) is 7.44. The van der Waals surface area contributed by atoms with Crippen LogP contribution in [0.4, 0.5) is 5.69 Å². The molecular weight excluding hydrogens is 322 g/mol. The van der Waals surface area contributed by atoms with Crippen molar-refractivity contribution in [2.45, 2.75) is 45.4 Å². The lowest BCUT2D eigenvalue weighted by Crippen LogP contribution is -2.33. The van der Waals surface area contributed by atoms with E-state index >= 15 is 0 Å². The van der Waals surface area contributed by atoms with Crippen LogP contribution in [-0.2, 0) is 21.1 Å². The molecule has 1 heterocycles. The van der Waals surface area contributed by atoms with Gasteiger partial charge in [0.2, 0.25) is 5.91 Å². The highest BCUT2D eigenvalue weighted by Crippen LogP contribution is 2.60. The summed E-state index contributed by atoms with van der Waals surface area (Å²) in [6.07, 6.45) is 5.58. The Morgan fingerprint density at radius 3 is 2.42 bits per heavy atom. The van der Waals surface area contributed by atoms with Crippen LogP contribution in [0.2, 0.25) is 0 Å². The number of aryl methyl sites for hydroxylation is 1. The Hall–Kier alpha value is -1.36. The van der Waals surface area contributed by atoms with E-state index in [1.807, 2.05) is 19.2 Å². The summed E-state index contributed by atoms with van der Waals surface area (Å²) < 4.78 is 23.2. The molecule has 2 fully saturated rings. The normalized spacial score (nSPS) is 23.8. The molecule has 1 unspecified atom stereocenters. The summed E-state index contributed by atoms with van der Waals surface area (Å²) >= 11 is 0. The number of amides is 1. The molecule has 4 nitrogen and oxygen atoms in total.